The number of urea groups is 1. The summed E-state index contributed by atoms with van der Waals surface area (Å²) in [6.45, 7) is 0.313. The predicted molar refractivity (Wildman–Crippen MR) is 107 cm³/mol. The molecule has 2 aromatic rings. The summed E-state index contributed by atoms with van der Waals surface area (Å²) in [6.07, 6.45) is 0.453. The number of ether oxygens (including phenoxy) is 2. The Morgan fingerprint density at radius 2 is 1.72 bits per heavy atom. The normalized spacial score (nSPS) is 15.7. The van der Waals surface area contributed by atoms with Gasteiger partial charge in [-0.3, -0.25) is 19.8 Å². The number of fused-ring (bicyclic) bond motifs is 1. The predicted octanol–water partition coefficient (Wildman–Crippen LogP) is 1.94. The van der Waals surface area contributed by atoms with Crippen molar-refractivity contribution in [3.8, 4) is 5.75 Å². The Morgan fingerprint density at radius 1 is 1.03 bits per heavy atom. The van der Waals surface area contributed by atoms with E-state index in [-0.39, 0.29) is 6.54 Å². The van der Waals surface area contributed by atoms with Gasteiger partial charge in [-0.15, -0.1) is 0 Å². The molecule has 152 valence electrons. The molecule has 3 amide bonds. The van der Waals surface area contributed by atoms with Crippen LogP contribution in [0.15, 0.2) is 48.5 Å². The van der Waals surface area contributed by atoms with Crippen LogP contribution in [-0.4, -0.2) is 49.6 Å². The van der Waals surface area contributed by atoms with Crippen LogP contribution < -0.4 is 15.4 Å². The highest BCUT2D eigenvalue weighted by atomic mass is 16.5. The van der Waals surface area contributed by atoms with Crippen LogP contribution in [0.25, 0.3) is 0 Å². The minimum atomic E-state index is -0.646. The molecule has 8 nitrogen and oxygen atoms in total. The van der Waals surface area contributed by atoms with E-state index in [9.17, 15) is 14.4 Å². The highest BCUT2D eigenvalue weighted by Gasteiger charge is 2.33. The fraction of sp³-hybridized carbons (Fsp3) is 0.286. The lowest BCUT2D eigenvalue weighted by Gasteiger charge is -2.34. The van der Waals surface area contributed by atoms with E-state index in [2.05, 4.69) is 10.6 Å². The first kappa shape index (κ1) is 20.3. The molecule has 0 bridgehead atoms. The zero-order chi connectivity index (χ0) is 20.8. The van der Waals surface area contributed by atoms with Crippen molar-refractivity contribution in [3.63, 3.8) is 0 Å². The lowest BCUT2D eigenvalue weighted by atomic mass is 9.94. The Hall–Kier alpha value is -3.39. The van der Waals surface area contributed by atoms with Gasteiger partial charge in [0.2, 0.25) is 5.91 Å². The maximum absolute atomic E-state index is 12.4. The molecule has 0 saturated carbocycles. The summed E-state index contributed by atoms with van der Waals surface area (Å²) < 4.78 is 9.95. The second-order valence-corrected chi connectivity index (χ2v) is 6.65. The van der Waals surface area contributed by atoms with Crippen molar-refractivity contribution in [2.75, 3.05) is 26.1 Å². The maximum atomic E-state index is 12.4. The molecule has 2 N–H and O–H groups in total. The average molecular weight is 397 g/mol. The van der Waals surface area contributed by atoms with Crippen molar-refractivity contribution in [1.82, 2.24) is 10.2 Å². The SMILES string of the molecule is COC(=O)[C@H]1Cc2ccccc2CN1CC(=O)NC(=O)Nc1ccc(OC)cc1. The number of nitrogens with zero attached hydrogens (tertiary/aromatic N) is 1. The Balaban J connectivity index is 1.61. The summed E-state index contributed by atoms with van der Waals surface area (Å²) in [6, 6.07) is 13.3. The van der Waals surface area contributed by atoms with E-state index in [0.717, 1.165) is 11.1 Å². The lowest BCUT2D eigenvalue weighted by molar-refractivity contribution is -0.148. The smallest absolute Gasteiger partial charge is 0.325 e. The number of esters is 1. The van der Waals surface area contributed by atoms with E-state index in [4.69, 9.17) is 9.47 Å². The van der Waals surface area contributed by atoms with Crippen LogP contribution in [0.4, 0.5) is 10.5 Å². The Labute approximate surface area is 168 Å². The second kappa shape index (κ2) is 9.20. The van der Waals surface area contributed by atoms with E-state index < -0.39 is 23.9 Å². The molecule has 2 aromatic carbocycles. The van der Waals surface area contributed by atoms with Crippen molar-refractivity contribution in [1.29, 1.82) is 0 Å². The molecule has 0 radical (unpaired) electrons. The summed E-state index contributed by atoms with van der Waals surface area (Å²) in [4.78, 5) is 38.4. The summed E-state index contributed by atoms with van der Waals surface area (Å²) in [7, 11) is 2.87. The van der Waals surface area contributed by atoms with Gasteiger partial charge in [-0.05, 0) is 41.8 Å². The van der Waals surface area contributed by atoms with Gasteiger partial charge in [0, 0.05) is 12.2 Å². The van der Waals surface area contributed by atoms with Gasteiger partial charge >= 0.3 is 12.0 Å². The lowest BCUT2D eigenvalue weighted by Crippen LogP contribution is -2.51. The monoisotopic (exact) mass is 397 g/mol. The molecule has 29 heavy (non-hydrogen) atoms. The van der Waals surface area contributed by atoms with Crippen LogP contribution >= 0.6 is 0 Å². The van der Waals surface area contributed by atoms with Gasteiger partial charge in [-0.1, -0.05) is 24.3 Å². The molecule has 1 aliphatic heterocycles. The number of imide groups is 1. The zero-order valence-electron chi connectivity index (χ0n) is 16.3. The number of nitrogens with one attached hydrogen (secondary N) is 2. The fourth-order valence-corrected chi connectivity index (χ4v) is 3.30. The largest absolute Gasteiger partial charge is 0.497 e. The van der Waals surface area contributed by atoms with E-state index in [1.165, 1.54) is 7.11 Å². The van der Waals surface area contributed by atoms with E-state index in [0.29, 0.717) is 24.4 Å². The van der Waals surface area contributed by atoms with Gasteiger partial charge < -0.3 is 14.8 Å². The topological polar surface area (TPSA) is 97.0 Å². The third-order valence-corrected chi connectivity index (χ3v) is 4.77. The minimum Gasteiger partial charge on any atom is -0.497 e. The Kier molecular flexibility index (Phi) is 6.46. The van der Waals surface area contributed by atoms with Crippen LogP contribution in [0.2, 0.25) is 0 Å². The minimum absolute atomic E-state index is 0.107. The maximum Gasteiger partial charge on any atom is 0.325 e. The number of benzene rings is 2. The van der Waals surface area contributed by atoms with Crippen LogP contribution in [-0.2, 0) is 27.3 Å². The van der Waals surface area contributed by atoms with Gasteiger partial charge in [0.15, 0.2) is 0 Å². The molecule has 3 rings (SSSR count). The van der Waals surface area contributed by atoms with E-state index in [1.807, 2.05) is 24.3 Å². The third-order valence-electron chi connectivity index (χ3n) is 4.77. The van der Waals surface area contributed by atoms with Crippen LogP contribution in [0, 0.1) is 0 Å². The van der Waals surface area contributed by atoms with Crippen LogP contribution in [0.3, 0.4) is 0 Å². The molecule has 0 aromatic heterocycles. The van der Waals surface area contributed by atoms with Crippen LogP contribution in [0.1, 0.15) is 11.1 Å². The molecule has 1 atom stereocenters. The van der Waals surface area contributed by atoms with Gasteiger partial charge in [0.25, 0.3) is 0 Å². The summed E-state index contributed by atoms with van der Waals surface area (Å²) >= 11 is 0. The van der Waals surface area contributed by atoms with Gasteiger partial charge in [0.1, 0.15) is 11.8 Å². The highest BCUT2D eigenvalue weighted by Crippen LogP contribution is 2.23. The first-order valence-corrected chi connectivity index (χ1v) is 9.13. The Morgan fingerprint density at radius 3 is 2.38 bits per heavy atom. The van der Waals surface area contributed by atoms with Crippen LogP contribution in [0.5, 0.6) is 5.75 Å². The number of methoxy groups -OCH3 is 2. The molecule has 1 heterocycles. The van der Waals surface area contributed by atoms with Gasteiger partial charge in [-0.25, -0.2) is 4.79 Å². The number of rotatable bonds is 5. The molecule has 0 fully saturated rings. The number of anilines is 1. The molecule has 0 unspecified atom stereocenters. The second-order valence-electron chi connectivity index (χ2n) is 6.65. The van der Waals surface area contributed by atoms with Crippen molar-refractivity contribution >= 4 is 23.6 Å². The molecular weight excluding hydrogens is 374 g/mol. The van der Waals surface area contributed by atoms with E-state index >= 15 is 0 Å². The number of hydrogen-bond acceptors (Lipinski definition) is 6. The number of carbonyl (C=O) groups excluding carboxylic acids is 3. The standard InChI is InChI=1S/C21H23N3O5/c1-28-17-9-7-16(8-10-17)22-21(27)23-19(25)13-24-12-15-6-4-3-5-14(15)11-18(24)20(26)29-2/h3-10,18H,11-13H2,1-2H3,(H2,22,23,25,27)/t18-/m1/s1. The van der Waals surface area contributed by atoms with Gasteiger partial charge in [0.05, 0.1) is 20.8 Å². The zero-order valence-corrected chi connectivity index (χ0v) is 16.3. The van der Waals surface area contributed by atoms with Crippen molar-refractivity contribution in [2.24, 2.45) is 0 Å². The molecule has 0 aliphatic carbocycles. The first-order valence-electron chi connectivity index (χ1n) is 9.13. The first-order chi connectivity index (χ1) is 14.0. The molecular formula is C21H23N3O5. The number of amides is 3. The van der Waals surface area contributed by atoms with Crippen molar-refractivity contribution in [3.05, 3.63) is 59.7 Å². The van der Waals surface area contributed by atoms with E-state index in [1.54, 1.807) is 36.3 Å². The summed E-state index contributed by atoms with van der Waals surface area (Å²) in [5, 5.41) is 4.88. The summed E-state index contributed by atoms with van der Waals surface area (Å²) in [5.41, 5.74) is 2.62. The molecule has 1 aliphatic rings. The quantitative estimate of drug-likeness (QED) is 0.749. The summed E-state index contributed by atoms with van der Waals surface area (Å²) in [5.74, 6) is -0.259. The molecule has 0 saturated heterocycles. The number of carbonyl (C=O) groups is 3. The van der Waals surface area contributed by atoms with Crippen molar-refractivity contribution in [2.45, 2.75) is 19.0 Å². The Bertz CT molecular complexity index is 897. The third kappa shape index (κ3) is 5.11. The van der Waals surface area contributed by atoms with Crippen molar-refractivity contribution < 1.29 is 23.9 Å². The fourth-order valence-electron chi connectivity index (χ4n) is 3.30. The average Bonchev–Trinajstić information content (AvgIpc) is 2.73. The molecule has 0 spiro atoms. The number of hydrogen-bond donors (Lipinski definition) is 2. The van der Waals surface area contributed by atoms with Gasteiger partial charge in [-0.2, -0.15) is 0 Å². The molecule has 8 heteroatoms. The highest BCUT2D eigenvalue weighted by molar-refractivity contribution is 6.01.